The zero-order valence-corrected chi connectivity index (χ0v) is 12.3. The maximum atomic E-state index is 11.5. The Balaban J connectivity index is 2.61. The zero-order chi connectivity index (χ0) is 14.9. The van der Waals surface area contributed by atoms with Crippen LogP contribution in [-0.4, -0.2) is 20.9 Å². The molecule has 20 heavy (non-hydrogen) atoms. The molecular weight excluding hydrogens is 252 g/mol. The van der Waals surface area contributed by atoms with Crippen LogP contribution in [0.15, 0.2) is 24.3 Å². The van der Waals surface area contributed by atoms with E-state index in [4.69, 9.17) is 0 Å². The van der Waals surface area contributed by atoms with E-state index in [0.717, 1.165) is 11.3 Å². The third-order valence-electron chi connectivity index (χ3n) is 3.35. The van der Waals surface area contributed by atoms with Crippen molar-refractivity contribution in [1.82, 2.24) is 9.78 Å². The number of aromatic carboxylic acids is 1. The van der Waals surface area contributed by atoms with Gasteiger partial charge in [0.1, 0.15) is 5.56 Å². The van der Waals surface area contributed by atoms with E-state index in [1.165, 1.54) is 0 Å². The van der Waals surface area contributed by atoms with Crippen LogP contribution in [-0.2, 0) is 6.42 Å². The molecule has 4 nitrogen and oxygen atoms in total. The Morgan fingerprint density at radius 3 is 2.50 bits per heavy atom. The summed E-state index contributed by atoms with van der Waals surface area (Å²) in [4.78, 5) is 11.5. The van der Waals surface area contributed by atoms with Gasteiger partial charge >= 0.3 is 5.97 Å². The highest BCUT2D eigenvalue weighted by Gasteiger charge is 2.22. The lowest BCUT2D eigenvalue weighted by Gasteiger charge is -2.07. The van der Waals surface area contributed by atoms with Crippen LogP contribution in [0, 0.1) is 19.8 Å². The molecule has 0 aliphatic heterocycles. The van der Waals surface area contributed by atoms with E-state index >= 15 is 0 Å². The zero-order valence-electron chi connectivity index (χ0n) is 12.3. The summed E-state index contributed by atoms with van der Waals surface area (Å²) in [6.07, 6.45) is 0.668. The van der Waals surface area contributed by atoms with Gasteiger partial charge in [-0.3, -0.25) is 0 Å². The van der Waals surface area contributed by atoms with E-state index in [1.54, 1.807) is 4.68 Å². The summed E-state index contributed by atoms with van der Waals surface area (Å²) in [6, 6.07) is 7.86. The average Bonchev–Trinajstić information content (AvgIpc) is 2.66. The first-order valence-electron chi connectivity index (χ1n) is 6.79. The number of hydrogen-bond donors (Lipinski definition) is 1. The Bertz CT molecular complexity index is 642. The van der Waals surface area contributed by atoms with E-state index in [-0.39, 0.29) is 0 Å². The van der Waals surface area contributed by atoms with Crippen molar-refractivity contribution in [3.8, 4) is 5.69 Å². The summed E-state index contributed by atoms with van der Waals surface area (Å²) < 4.78 is 1.75. The fourth-order valence-electron chi connectivity index (χ4n) is 2.40. The second-order valence-corrected chi connectivity index (χ2v) is 5.51. The molecule has 1 aromatic heterocycles. The number of carboxylic acids is 1. The van der Waals surface area contributed by atoms with Crippen molar-refractivity contribution in [2.75, 3.05) is 0 Å². The highest BCUT2D eigenvalue weighted by molar-refractivity contribution is 5.90. The monoisotopic (exact) mass is 272 g/mol. The largest absolute Gasteiger partial charge is 0.478 e. The SMILES string of the molecule is Cc1ccccc1-n1nc(CC(C)C)c(C(=O)O)c1C. The lowest BCUT2D eigenvalue weighted by atomic mass is 10.0. The summed E-state index contributed by atoms with van der Waals surface area (Å²) in [5.41, 5.74) is 3.69. The Labute approximate surface area is 119 Å². The van der Waals surface area contributed by atoms with Gasteiger partial charge in [-0.1, -0.05) is 32.0 Å². The lowest BCUT2D eigenvalue weighted by molar-refractivity contribution is 0.0694. The molecule has 0 aliphatic rings. The van der Waals surface area contributed by atoms with Crippen molar-refractivity contribution in [3.05, 3.63) is 46.8 Å². The third kappa shape index (κ3) is 2.59. The standard InChI is InChI=1S/C16H20N2O2/c1-10(2)9-13-15(16(19)20)12(4)18(17-13)14-8-6-5-7-11(14)3/h5-8,10H,9H2,1-4H3,(H,19,20). The summed E-state index contributed by atoms with van der Waals surface area (Å²) in [7, 11) is 0. The summed E-state index contributed by atoms with van der Waals surface area (Å²) >= 11 is 0. The molecule has 0 bridgehead atoms. The Hall–Kier alpha value is -2.10. The van der Waals surface area contributed by atoms with E-state index in [9.17, 15) is 9.90 Å². The molecule has 1 heterocycles. The molecular formula is C16H20N2O2. The second kappa shape index (κ2) is 5.49. The molecule has 0 saturated heterocycles. The second-order valence-electron chi connectivity index (χ2n) is 5.51. The van der Waals surface area contributed by atoms with Crippen molar-refractivity contribution in [3.63, 3.8) is 0 Å². The normalized spacial score (nSPS) is 11.1. The number of benzene rings is 1. The molecule has 2 aromatic rings. The first-order valence-corrected chi connectivity index (χ1v) is 6.79. The van der Waals surface area contributed by atoms with Gasteiger partial charge in [-0.25, -0.2) is 9.48 Å². The smallest absolute Gasteiger partial charge is 0.339 e. The minimum Gasteiger partial charge on any atom is -0.478 e. The van der Waals surface area contributed by atoms with Gasteiger partial charge < -0.3 is 5.11 Å². The molecule has 2 rings (SSSR count). The maximum Gasteiger partial charge on any atom is 0.339 e. The molecule has 1 aromatic carbocycles. The van der Waals surface area contributed by atoms with E-state index < -0.39 is 5.97 Å². The molecule has 0 saturated carbocycles. The molecule has 0 fully saturated rings. The molecule has 0 radical (unpaired) electrons. The minimum atomic E-state index is -0.905. The van der Waals surface area contributed by atoms with Gasteiger partial charge in [-0.15, -0.1) is 0 Å². The number of carboxylic acid groups (broad SMARTS) is 1. The maximum absolute atomic E-state index is 11.5. The van der Waals surface area contributed by atoms with Gasteiger partial charge in [0.2, 0.25) is 0 Å². The van der Waals surface area contributed by atoms with Crippen LogP contribution in [0.25, 0.3) is 5.69 Å². The molecule has 4 heteroatoms. The summed E-state index contributed by atoms with van der Waals surface area (Å²) in [6.45, 7) is 7.94. The highest BCUT2D eigenvalue weighted by Crippen LogP contribution is 2.22. The van der Waals surface area contributed by atoms with Crippen LogP contribution in [0.1, 0.15) is 41.2 Å². The number of hydrogen-bond acceptors (Lipinski definition) is 2. The first-order chi connectivity index (χ1) is 9.41. The predicted molar refractivity (Wildman–Crippen MR) is 78.5 cm³/mol. The van der Waals surface area contributed by atoms with Crippen molar-refractivity contribution >= 4 is 5.97 Å². The number of aryl methyl sites for hydroxylation is 1. The molecule has 0 amide bonds. The van der Waals surface area contributed by atoms with E-state index in [0.29, 0.717) is 29.3 Å². The quantitative estimate of drug-likeness (QED) is 0.928. The average molecular weight is 272 g/mol. The van der Waals surface area contributed by atoms with E-state index in [2.05, 4.69) is 18.9 Å². The molecule has 0 unspecified atom stereocenters. The molecule has 0 atom stereocenters. The minimum absolute atomic E-state index is 0.335. The van der Waals surface area contributed by atoms with Crippen LogP contribution in [0.3, 0.4) is 0 Å². The number of carbonyl (C=O) groups is 1. The number of nitrogens with zero attached hydrogens (tertiary/aromatic N) is 2. The van der Waals surface area contributed by atoms with Gasteiger partial charge in [0.15, 0.2) is 0 Å². The van der Waals surface area contributed by atoms with Gasteiger partial charge in [-0.05, 0) is 37.8 Å². The van der Waals surface area contributed by atoms with Crippen LogP contribution >= 0.6 is 0 Å². The third-order valence-corrected chi connectivity index (χ3v) is 3.35. The van der Waals surface area contributed by atoms with Gasteiger partial charge in [0, 0.05) is 0 Å². The predicted octanol–water partition coefficient (Wildman–Crippen LogP) is 3.39. The summed E-state index contributed by atoms with van der Waals surface area (Å²) in [5, 5.41) is 14.0. The number of para-hydroxylation sites is 1. The van der Waals surface area contributed by atoms with Crippen molar-refractivity contribution in [1.29, 1.82) is 0 Å². The Kier molecular flexibility index (Phi) is 3.93. The van der Waals surface area contributed by atoms with Gasteiger partial charge in [0.05, 0.1) is 17.1 Å². The molecule has 1 N–H and O–H groups in total. The van der Waals surface area contributed by atoms with Crippen LogP contribution in [0.4, 0.5) is 0 Å². The van der Waals surface area contributed by atoms with Crippen LogP contribution < -0.4 is 0 Å². The Morgan fingerprint density at radius 2 is 1.95 bits per heavy atom. The van der Waals surface area contributed by atoms with Crippen molar-refractivity contribution < 1.29 is 9.90 Å². The number of rotatable bonds is 4. The van der Waals surface area contributed by atoms with Crippen molar-refractivity contribution in [2.45, 2.75) is 34.1 Å². The molecule has 0 aliphatic carbocycles. The number of aromatic nitrogens is 2. The van der Waals surface area contributed by atoms with Crippen molar-refractivity contribution in [2.24, 2.45) is 5.92 Å². The van der Waals surface area contributed by atoms with Gasteiger partial charge in [-0.2, -0.15) is 5.10 Å². The molecule has 0 spiro atoms. The van der Waals surface area contributed by atoms with Crippen LogP contribution in [0.5, 0.6) is 0 Å². The van der Waals surface area contributed by atoms with E-state index in [1.807, 2.05) is 38.1 Å². The highest BCUT2D eigenvalue weighted by atomic mass is 16.4. The summed E-state index contributed by atoms with van der Waals surface area (Å²) in [5.74, 6) is -0.536. The fourth-order valence-corrected chi connectivity index (χ4v) is 2.40. The van der Waals surface area contributed by atoms with Crippen LogP contribution in [0.2, 0.25) is 0 Å². The molecule has 106 valence electrons. The lowest BCUT2D eigenvalue weighted by Crippen LogP contribution is -2.05. The first kappa shape index (κ1) is 14.3. The fraction of sp³-hybridized carbons (Fsp3) is 0.375. The van der Waals surface area contributed by atoms with Gasteiger partial charge in [0.25, 0.3) is 0 Å². The Morgan fingerprint density at radius 1 is 1.30 bits per heavy atom. The topological polar surface area (TPSA) is 55.1 Å².